The van der Waals surface area contributed by atoms with Gasteiger partial charge < -0.3 is 10.6 Å². The van der Waals surface area contributed by atoms with E-state index in [1.165, 1.54) is 34.2 Å². The van der Waals surface area contributed by atoms with Crippen molar-refractivity contribution >= 4 is 39.8 Å². The maximum absolute atomic E-state index is 12.5. The number of thioether (sulfide) groups is 1. The molecule has 144 valence electrons. The minimum absolute atomic E-state index is 0.0129. The summed E-state index contributed by atoms with van der Waals surface area (Å²) in [4.78, 5) is 12.5. The lowest BCUT2D eigenvalue weighted by atomic mass is 9.90. The average Bonchev–Trinajstić information content (AvgIpc) is 3.04. The number of rotatable bonds is 7. The van der Waals surface area contributed by atoms with Crippen molar-refractivity contribution in [3.8, 4) is 6.07 Å². The number of aryl methyl sites for hydroxylation is 2. The van der Waals surface area contributed by atoms with Gasteiger partial charge in [0.15, 0.2) is 4.34 Å². The molecule has 0 spiro atoms. The van der Waals surface area contributed by atoms with Crippen LogP contribution in [-0.2, 0) is 4.79 Å². The molecular weight excluding hydrogens is 378 g/mol. The fourth-order valence-corrected chi connectivity index (χ4v) is 4.03. The van der Waals surface area contributed by atoms with Crippen LogP contribution >= 0.6 is 23.1 Å². The molecular formula is C19H25N5OS2. The zero-order valence-corrected chi connectivity index (χ0v) is 18.1. The van der Waals surface area contributed by atoms with Gasteiger partial charge in [0.05, 0.1) is 11.3 Å². The van der Waals surface area contributed by atoms with Crippen LogP contribution in [-0.4, -0.2) is 26.9 Å². The van der Waals surface area contributed by atoms with Gasteiger partial charge >= 0.3 is 0 Å². The quantitative estimate of drug-likeness (QED) is 0.665. The first kappa shape index (κ1) is 21.2. The summed E-state index contributed by atoms with van der Waals surface area (Å²) in [6.07, 6.45) is 0. The number of nitrogens with zero attached hydrogens (tertiary/aromatic N) is 3. The summed E-state index contributed by atoms with van der Waals surface area (Å²) in [5.74, 6) is -0.171. The number of nitrogens with one attached hydrogen (secondary N) is 2. The molecule has 1 amide bonds. The van der Waals surface area contributed by atoms with Crippen LogP contribution in [0.25, 0.3) is 0 Å². The Morgan fingerprint density at radius 1 is 1.26 bits per heavy atom. The highest BCUT2D eigenvalue weighted by Crippen LogP contribution is 2.31. The van der Waals surface area contributed by atoms with Crippen LogP contribution < -0.4 is 10.6 Å². The number of aromatic nitrogens is 2. The van der Waals surface area contributed by atoms with Gasteiger partial charge in [-0.2, -0.15) is 5.26 Å². The molecule has 0 saturated heterocycles. The zero-order valence-electron chi connectivity index (χ0n) is 16.5. The summed E-state index contributed by atoms with van der Waals surface area (Å²) < 4.78 is 0.701. The lowest BCUT2D eigenvalue weighted by Crippen LogP contribution is -2.51. The summed E-state index contributed by atoms with van der Waals surface area (Å²) in [5.41, 5.74) is 2.51. The molecule has 0 aliphatic rings. The number of hydrogen-bond donors (Lipinski definition) is 2. The van der Waals surface area contributed by atoms with Gasteiger partial charge in [0.25, 0.3) is 0 Å². The maximum Gasteiger partial charge on any atom is 0.234 e. The van der Waals surface area contributed by atoms with E-state index in [4.69, 9.17) is 0 Å². The molecule has 2 N–H and O–H groups in total. The Labute approximate surface area is 168 Å². The van der Waals surface area contributed by atoms with Crippen LogP contribution in [0, 0.1) is 31.1 Å². The number of carbonyl (C=O) groups is 1. The fourth-order valence-electron chi connectivity index (χ4n) is 2.11. The molecule has 2 atom stereocenters. The zero-order chi connectivity index (χ0) is 20.2. The van der Waals surface area contributed by atoms with E-state index in [0.717, 1.165) is 5.69 Å². The van der Waals surface area contributed by atoms with Crippen molar-refractivity contribution in [3.05, 3.63) is 29.3 Å². The Kier molecular flexibility index (Phi) is 6.84. The SMILES string of the molecule is Cc1ccc(Nc2nnc(S[C@@H](C)C(=O)N[C@@](C)(C#N)C(C)C)s2)cc1C. The predicted octanol–water partition coefficient (Wildman–Crippen LogP) is 4.43. The first-order valence-corrected chi connectivity index (χ1v) is 10.4. The molecule has 0 aliphatic heterocycles. The van der Waals surface area contributed by atoms with E-state index < -0.39 is 5.54 Å². The van der Waals surface area contributed by atoms with Gasteiger partial charge in [-0.15, -0.1) is 10.2 Å². The third-order valence-electron chi connectivity index (χ3n) is 4.58. The lowest BCUT2D eigenvalue weighted by molar-refractivity contribution is -0.121. The summed E-state index contributed by atoms with van der Waals surface area (Å²) in [7, 11) is 0. The number of benzene rings is 1. The standard InChI is InChI=1S/C19H25N5OS2/c1-11(2)19(6,10-20)22-16(25)14(5)26-18-24-23-17(27-18)21-15-8-7-12(3)13(4)9-15/h7-9,11,14H,1-6H3,(H,21,23)(H,22,25)/t14-,19-/m0/s1. The number of hydrogen-bond acceptors (Lipinski definition) is 7. The van der Waals surface area contributed by atoms with Crippen LogP contribution in [0.5, 0.6) is 0 Å². The summed E-state index contributed by atoms with van der Waals surface area (Å²) in [6.45, 7) is 11.5. The first-order valence-electron chi connectivity index (χ1n) is 8.72. The average molecular weight is 404 g/mol. The van der Waals surface area contributed by atoms with E-state index in [-0.39, 0.29) is 17.1 Å². The van der Waals surface area contributed by atoms with Crippen LogP contribution in [0.4, 0.5) is 10.8 Å². The molecule has 0 saturated carbocycles. The Morgan fingerprint density at radius 3 is 2.56 bits per heavy atom. The second-order valence-electron chi connectivity index (χ2n) is 7.02. The molecule has 2 rings (SSSR count). The van der Waals surface area contributed by atoms with E-state index in [9.17, 15) is 10.1 Å². The van der Waals surface area contributed by atoms with Gasteiger partial charge in [0.1, 0.15) is 5.54 Å². The van der Waals surface area contributed by atoms with Gasteiger partial charge in [-0.3, -0.25) is 4.79 Å². The fraction of sp³-hybridized carbons (Fsp3) is 0.474. The van der Waals surface area contributed by atoms with Crippen molar-refractivity contribution in [1.29, 1.82) is 5.26 Å². The van der Waals surface area contributed by atoms with Crippen molar-refractivity contribution in [2.45, 2.75) is 56.7 Å². The molecule has 1 aromatic heterocycles. The topological polar surface area (TPSA) is 90.7 Å². The molecule has 0 radical (unpaired) electrons. The van der Waals surface area contributed by atoms with Crippen LogP contribution in [0.15, 0.2) is 22.5 Å². The molecule has 8 heteroatoms. The highest BCUT2D eigenvalue weighted by atomic mass is 32.2. The Bertz CT molecular complexity index is 858. The van der Waals surface area contributed by atoms with Crippen LogP contribution in [0.2, 0.25) is 0 Å². The molecule has 0 fully saturated rings. The number of anilines is 2. The largest absolute Gasteiger partial charge is 0.337 e. The molecule has 2 aromatic rings. The maximum atomic E-state index is 12.5. The normalized spacial score (nSPS) is 14.3. The molecule has 0 bridgehead atoms. The molecule has 1 aromatic carbocycles. The van der Waals surface area contributed by atoms with Gasteiger partial charge in [-0.05, 0) is 56.9 Å². The van der Waals surface area contributed by atoms with Gasteiger partial charge in [-0.1, -0.05) is 43.0 Å². The van der Waals surface area contributed by atoms with E-state index in [1.807, 2.05) is 19.9 Å². The van der Waals surface area contributed by atoms with Gasteiger partial charge in [0.2, 0.25) is 11.0 Å². The predicted molar refractivity (Wildman–Crippen MR) is 111 cm³/mol. The second kappa shape index (κ2) is 8.72. The number of nitriles is 1. The van der Waals surface area contributed by atoms with Gasteiger partial charge in [0, 0.05) is 5.69 Å². The van der Waals surface area contributed by atoms with E-state index in [1.54, 1.807) is 13.8 Å². The summed E-state index contributed by atoms with van der Waals surface area (Å²) in [5, 5.41) is 24.0. The Morgan fingerprint density at radius 2 is 1.96 bits per heavy atom. The Hall–Kier alpha value is -2.11. The second-order valence-corrected chi connectivity index (χ2v) is 9.58. The van der Waals surface area contributed by atoms with Crippen molar-refractivity contribution in [2.24, 2.45) is 5.92 Å². The Balaban J connectivity index is 1.99. The third-order valence-corrected chi connectivity index (χ3v) is 6.60. The number of carbonyl (C=O) groups excluding carboxylic acids is 1. The van der Waals surface area contributed by atoms with Crippen molar-refractivity contribution in [1.82, 2.24) is 15.5 Å². The molecule has 1 heterocycles. The summed E-state index contributed by atoms with van der Waals surface area (Å²) in [6, 6.07) is 8.31. The molecule has 27 heavy (non-hydrogen) atoms. The highest BCUT2D eigenvalue weighted by Gasteiger charge is 2.32. The first-order chi connectivity index (χ1) is 12.6. The van der Waals surface area contributed by atoms with Crippen molar-refractivity contribution in [2.75, 3.05) is 5.32 Å². The van der Waals surface area contributed by atoms with Crippen molar-refractivity contribution in [3.63, 3.8) is 0 Å². The number of amides is 1. The molecule has 6 nitrogen and oxygen atoms in total. The minimum atomic E-state index is -0.886. The van der Waals surface area contributed by atoms with Crippen LogP contribution in [0.1, 0.15) is 38.8 Å². The van der Waals surface area contributed by atoms with E-state index >= 15 is 0 Å². The minimum Gasteiger partial charge on any atom is -0.337 e. The highest BCUT2D eigenvalue weighted by molar-refractivity contribution is 8.02. The third kappa shape index (κ3) is 5.44. The van der Waals surface area contributed by atoms with Gasteiger partial charge in [-0.25, -0.2) is 0 Å². The van der Waals surface area contributed by atoms with E-state index in [0.29, 0.717) is 9.47 Å². The lowest BCUT2D eigenvalue weighted by Gasteiger charge is -2.28. The smallest absolute Gasteiger partial charge is 0.234 e. The van der Waals surface area contributed by atoms with Crippen LogP contribution in [0.3, 0.4) is 0 Å². The van der Waals surface area contributed by atoms with Crippen molar-refractivity contribution < 1.29 is 4.79 Å². The van der Waals surface area contributed by atoms with E-state index in [2.05, 4.69) is 52.9 Å². The summed E-state index contributed by atoms with van der Waals surface area (Å²) >= 11 is 2.73. The molecule has 0 unspecified atom stereocenters. The molecule has 0 aliphatic carbocycles. The monoisotopic (exact) mass is 403 g/mol.